The second-order valence-electron chi connectivity index (χ2n) is 8.17. The van der Waals surface area contributed by atoms with Gasteiger partial charge < -0.3 is 14.6 Å². The molecule has 0 aromatic heterocycles. The summed E-state index contributed by atoms with van der Waals surface area (Å²) in [5.41, 5.74) is 0.514. The first kappa shape index (κ1) is 15.3. The van der Waals surface area contributed by atoms with Gasteiger partial charge in [-0.1, -0.05) is 34.6 Å². The lowest BCUT2D eigenvalue weighted by Crippen LogP contribution is -2.29. The van der Waals surface area contributed by atoms with Gasteiger partial charge in [0.25, 0.3) is 0 Å². The molecule has 0 spiro atoms. The lowest BCUT2D eigenvalue weighted by atomic mass is 9.72. The van der Waals surface area contributed by atoms with E-state index in [0.29, 0.717) is 30.0 Å². The Kier molecular flexibility index (Phi) is 4.29. The van der Waals surface area contributed by atoms with E-state index in [1.165, 1.54) is 6.42 Å². The van der Waals surface area contributed by atoms with Crippen LogP contribution in [0.3, 0.4) is 0 Å². The summed E-state index contributed by atoms with van der Waals surface area (Å²) in [5, 5.41) is 9.52. The van der Waals surface area contributed by atoms with Crippen molar-refractivity contribution in [3.8, 4) is 0 Å². The summed E-state index contributed by atoms with van der Waals surface area (Å²) in [6.07, 6.45) is 2.82. The normalized spacial score (nSPS) is 36.9. The first-order valence-corrected chi connectivity index (χ1v) is 7.60. The molecule has 2 aliphatic rings. The summed E-state index contributed by atoms with van der Waals surface area (Å²) in [7, 11) is 0. The molecule has 0 bridgehead atoms. The molecule has 0 saturated carbocycles. The highest BCUT2D eigenvalue weighted by molar-refractivity contribution is 4.89. The van der Waals surface area contributed by atoms with Crippen molar-refractivity contribution in [1.82, 2.24) is 0 Å². The van der Waals surface area contributed by atoms with E-state index in [1.807, 2.05) is 0 Å². The Bertz CT molecular complexity index is 306. The zero-order valence-electron chi connectivity index (χ0n) is 13.1. The molecule has 4 unspecified atom stereocenters. The van der Waals surface area contributed by atoms with E-state index in [9.17, 15) is 5.11 Å². The summed E-state index contributed by atoms with van der Waals surface area (Å²) in [4.78, 5) is 0. The van der Waals surface area contributed by atoms with Crippen molar-refractivity contribution in [2.24, 2.45) is 22.7 Å². The van der Waals surface area contributed by atoms with Crippen LogP contribution >= 0.6 is 0 Å². The molecule has 4 atom stereocenters. The summed E-state index contributed by atoms with van der Waals surface area (Å²) in [6, 6.07) is 0. The van der Waals surface area contributed by atoms with Gasteiger partial charge in [0.1, 0.15) is 0 Å². The molecule has 19 heavy (non-hydrogen) atoms. The van der Waals surface area contributed by atoms with Crippen LogP contribution in [0, 0.1) is 22.7 Å². The third-order valence-corrected chi connectivity index (χ3v) is 5.14. The number of rotatable bonds is 3. The Morgan fingerprint density at radius 3 is 2.05 bits per heavy atom. The predicted molar refractivity (Wildman–Crippen MR) is 75.8 cm³/mol. The van der Waals surface area contributed by atoms with Crippen molar-refractivity contribution >= 4 is 0 Å². The van der Waals surface area contributed by atoms with Gasteiger partial charge in [0.2, 0.25) is 0 Å². The summed E-state index contributed by atoms with van der Waals surface area (Å²) in [6.45, 7) is 13.1. The third-order valence-electron chi connectivity index (χ3n) is 5.14. The Hall–Kier alpha value is -0.120. The van der Waals surface area contributed by atoms with Gasteiger partial charge in [-0.15, -0.1) is 0 Å². The van der Waals surface area contributed by atoms with E-state index in [1.54, 1.807) is 0 Å². The molecule has 2 fully saturated rings. The molecule has 0 aromatic carbocycles. The van der Waals surface area contributed by atoms with Gasteiger partial charge in [-0.2, -0.15) is 0 Å². The van der Waals surface area contributed by atoms with Crippen LogP contribution in [0.5, 0.6) is 0 Å². The van der Waals surface area contributed by atoms with Crippen LogP contribution < -0.4 is 0 Å². The lowest BCUT2D eigenvalue weighted by molar-refractivity contribution is -0.0595. The van der Waals surface area contributed by atoms with Crippen molar-refractivity contribution in [1.29, 1.82) is 0 Å². The van der Waals surface area contributed by atoms with Crippen LogP contribution in [0.4, 0.5) is 0 Å². The fourth-order valence-electron chi connectivity index (χ4n) is 3.36. The number of hydrogen-bond donors (Lipinski definition) is 1. The van der Waals surface area contributed by atoms with Crippen LogP contribution in [0.1, 0.15) is 53.9 Å². The lowest BCUT2D eigenvalue weighted by Gasteiger charge is -2.33. The van der Waals surface area contributed by atoms with Gasteiger partial charge >= 0.3 is 0 Å². The van der Waals surface area contributed by atoms with Gasteiger partial charge in [0.15, 0.2) is 6.29 Å². The smallest absolute Gasteiger partial charge is 0.154 e. The van der Waals surface area contributed by atoms with Crippen molar-refractivity contribution in [3.63, 3.8) is 0 Å². The minimum atomic E-state index is -0.559. The number of ether oxygens (including phenoxy) is 2. The molecule has 0 aromatic rings. The molecule has 0 amide bonds. The third kappa shape index (κ3) is 3.71. The van der Waals surface area contributed by atoms with Crippen LogP contribution in [-0.4, -0.2) is 30.7 Å². The van der Waals surface area contributed by atoms with Crippen LogP contribution in [0.2, 0.25) is 0 Å². The zero-order chi connectivity index (χ0) is 14.3. The van der Waals surface area contributed by atoms with E-state index in [-0.39, 0.29) is 5.41 Å². The first-order chi connectivity index (χ1) is 8.68. The minimum absolute atomic E-state index is 0.176. The molecule has 0 radical (unpaired) electrons. The second-order valence-corrected chi connectivity index (χ2v) is 8.17. The molecular weight excluding hydrogens is 240 g/mol. The predicted octanol–water partition coefficient (Wildman–Crippen LogP) is 3.21. The molecule has 3 heteroatoms. The van der Waals surface area contributed by atoms with Crippen molar-refractivity contribution in [2.45, 2.75) is 66.3 Å². The van der Waals surface area contributed by atoms with Crippen LogP contribution in [-0.2, 0) is 9.47 Å². The molecule has 2 rings (SSSR count). The quantitative estimate of drug-likeness (QED) is 0.856. The van der Waals surface area contributed by atoms with E-state index in [2.05, 4.69) is 34.6 Å². The van der Waals surface area contributed by atoms with Crippen molar-refractivity contribution in [3.05, 3.63) is 0 Å². The van der Waals surface area contributed by atoms with Crippen molar-refractivity contribution in [2.75, 3.05) is 13.2 Å². The topological polar surface area (TPSA) is 38.7 Å². The average Bonchev–Trinajstić information content (AvgIpc) is 2.85. The minimum Gasteiger partial charge on any atom is -0.378 e. The highest BCUT2D eigenvalue weighted by atomic mass is 16.6. The van der Waals surface area contributed by atoms with Gasteiger partial charge in [0.05, 0.1) is 19.3 Å². The van der Waals surface area contributed by atoms with E-state index in [0.717, 1.165) is 19.4 Å². The second kappa shape index (κ2) is 5.34. The Morgan fingerprint density at radius 1 is 0.947 bits per heavy atom. The molecular formula is C16H30O3. The molecule has 2 heterocycles. The maximum atomic E-state index is 9.52. The molecule has 2 saturated heterocycles. The van der Waals surface area contributed by atoms with Gasteiger partial charge in [-0.3, -0.25) is 0 Å². The van der Waals surface area contributed by atoms with Crippen LogP contribution in [0.25, 0.3) is 0 Å². The Balaban J connectivity index is 1.88. The maximum absolute atomic E-state index is 9.52. The van der Waals surface area contributed by atoms with Crippen molar-refractivity contribution < 1.29 is 14.6 Å². The highest BCUT2D eigenvalue weighted by Gasteiger charge is 2.41. The molecule has 0 aliphatic carbocycles. The van der Waals surface area contributed by atoms with E-state index < -0.39 is 6.29 Å². The first-order valence-electron chi connectivity index (χ1n) is 7.60. The summed E-state index contributed by atoms with van der Waals surface area (Å²) < 4.78 is 11.3. The molecule has 3 nitrogen and oxygen atoms in total. The van der Waals surface area contributed by atoms with Crippen LogP contribution in [0.15, 0.2) is 0 Å². The zero-order valence-corrected chi connectivity index (χ0v) is 13.1. The van der Waals surface area contributed by atoms with Gasteiger partial charge in [-0.25, -0.2) is 0 Å². The Labute approximate surface area is 117 Å². The Morgan fingerprint density at radius 2 is 1.58 bits per heavy atom. The summed E-state index contributed by atoms with van der Waals surface area (Å²) >= 11 is 0. The molecule has 1 N–H and O–H groups in total. The number of aliphatic hydroxyl groups is 1. The molecule has 112 valence electrons. The summed E-state index contributed by atoms with van der Waals surface area (Å²) in [5.74, 6) is 1.11. The number of aliphatic hydroxyl groups excluding tert-OH is 1. The fraction of sp³-hybridized carbons (Fsp3) is 1.00. The largest absolute Gasteiger partial charge is 0.378 e. The van der Waals surface area contributed by atoms with E-state index >= 15 is 0 Å². The standard InChI is InChI=1S/C16H30O3/c1-15(2,3)11-6-13(18-9-11)8-16(4,5)12-7-14(17)19-10-12/h11-14,17H,6-10H2,1-5H3. The highest BCUT2D eigenvalue weighted by Crippen LogP contribution is 2.43. The van der Waals surface area contributed by atoms with Gasteiger partial charge in [0, 0.05) is 6.42 Å². The fourth-order valence-corrected chi connectivity index (χ4v) is 3.36. The molecule has 2 aliphatic heterocycles. The monoisotopic (exact) mass is 270 g/mol. The van der Waals surface area contributed by atoms with E-state index in [4.69, 9.17) is 9.47 Å². The maximum Gasteiger partial charge on any atom is 0.154 e. The SMILES string of the molecule is CC(C)(C)C1COC(CC(C)(C)C2COC(O)C2)C1. The average molecular weight is 270 g/mol. The van der Waals surface area contributed by atoms with Gasteiger partial charge in [-0.05, 0) is 35.5 Å². The number of hydrogen-bond acceptors (Lipinski definition) is 3.